The van der Waals surface area contributed by atoms with E-state index in [4.69, 9.17) is 4.84 Å². The van der Waals surface area contributed by atoms with Crippen molar-refractivity contribution in [3.63, 3.8) is 0 Å². The standard InChI is InChI=1S/C22H17N3O4S/c1-12-7-8-15-13(2)10-14-11-30-21(24(14)18(15)9-12)23-22(28)29-25-19(26)16-5-3-4-6-17(16)20(25)27/h3-10,13H,11H2,1-2H3. The molecule has 0 saturated carbocycles. The Morgan fingerprint density at radius 3 is 2.53 bits per heavy atom. The van der Waals surface area contributed by atoms with E-state index in [2.05, 4.69) is 36.2 Å². The van der Waals surface area contributed by atoms with Crippen LogP contribution in [0.15, 0.2) is 59.2 Å². The van der Waals surface area contributed by atoms with Crippen LogP contribution in [0.5, 0.6) is 0 Å². The Balaban J connectivity index is 1.42. The summed E-state index contributed by atoms with van der Waals surface area (Å²) in [5.74, 6) is -0.401. The molecule has 8 heteroatoms. The van der Waals surface area contributed by atoms with Gasteiger partial charge in [-0.2, -0.15) is 0 Å². The molecule has 150 valence electrons. The van der Waals surface area contributed by atoms with Gasteiger partial charge in [0.2, 0.25) is 0 Å². The lowest BCUT2D eigenvalue weighted by Crippen LogP contribution is -2.33. The summed E-state index contributed by atoms with van der Waals surface area (Å²) in [5, 5.41) is 0.936. The Kier molecular flexibility index (Phi) is 4.25. The summed E-state index contributed by atoms with van der Waals surface area (Å²) >= 11 is 1.41. The van der Waals surface area contributed by atoms with Gasteiger partial charge in [-0.15, -0.1) is 4.99 Å². The second kappa shape index (κ2) is 6.84. The molecule has 7 nitrogen and oxygen atoms in total. The first kappa shape index (κ1) is 18.6. The molecule has 0 radical (unpaired) electrons. The first-order valence-corrected chi connectivity index (χ1v) is 10.4. The molecule has 3 amide bonds. The monoisotopic (exact) mass is 419 g/mol. The third-order valence-corrected chi connectivity index (χ3v) is 6.27. The Labute approximate surface area is 177 Å². The van der Waals surface area contributed by atoms with Crippen molar-refractivity contribution in [1.82, 2.24) is 5.06 Å². The fourth-order valence-corrected chi connectivity index (χ4v) is 4.88. The molecule has 0 spiro atoms. The van der Waals surface area contributed by atoms with E-state index in [0.717, 1.165) is 22.5 Å². The Bertz CT molecular complexity index is 1150. The number of allylic oxidation sites excluding steroid dienone is 1. The van der Waals surface area contributed by atoms with Crippen LogP contribution in [-0.4, -0.2) is 33.9 Å². The third-order valence-electron chi connectivity index (χ3n) is 5.30. The van der Waals surface area contributed by atoms with Crippen LogP contribution in [0.1, 0.15) is 44.7 Å². The number of rotatable bonds is 1. The molecule has 1 unspecified atom stereocenters. The molecule has 0 N–H and O–H groups in total. The second-order valence-corrected chi connectivity index (χ2v) is 8.28. The first-order chi connectivity index (χ1) is 14.4. The lowest BCUT2D eigenvalue weighted by atomic mass is 9.93. The van der Waals surface area contributed by atoms with Crippen LogP contribution in [0.2, 0.25) is 0 Å². The van der Waals surface area contributed by atoms with Gasteiger partial charge in [-0.25, -0.2) is 4.79 Å². The Morgan fingerprint density at radius 2 is 1.83 bits per heavy atom. The third kappa shape index (κ3) is 2.83. The van der Waals surface area contributed by atoms with E-state index < -0.39 is 17.9 Å². The van der Waals surface area contributed by atoms with Crippen LogP contribution in [0, 0.1) is 6.92 Å². The SMILES string of the molecule is Cc1ccc2c(c1)N1C(=CC2C)CSC1=NC(=O)ON1C(=O)c2ccccc2C1=O. The molecule has 30 heavy (non-hydrogen) atoms. The van der Waals surface area contributed by atoms with E-state index in [-0.39, 0.29) is 17.0 Å². The number of aliphatic imine (C=N–C) groups is 1. The van der Waals surface area contributed by atoms with E-state index in [1.54, 1.807) is 12.1 Å². The van der Waals surface area contributed by atoms with E-state index in [1.165, 1.54) is 23.9 Å². The molecule has 0 aliphatic carbocycles. The Morgan fingerprint density at radius 1 is 1.13 bits per heavy atom. The minimum Gasteiger partial charge on any atom is -0.308 e. The van der Waals surface area contributed by atoms with Crippen LogP contribution in [0.4, 0.5) is 10.5 Å². The number of carbonyl (C=O) groups excluding carboxylic acids is 3. The highest BCUT2D eigenvalue weighted by atomic mass is 32.2. The lowest BCUT2D eigenvalue weighted by Gasteiger charge is -2.30. The van der Waals surface area contributed by atoms with Gasteiger partial charge >= 0.3 is 6.09 Å². The van der Waals surface area contributed by atoms with Gasteiger partial charge < -0.3 is 4.84 Å². The van der Waals surface area contributed by atoms with Crippen molar-refractivity contribution >= 4 is 40.5 Å². The molecule has 0 bridgehead atoms. The van der Waals surface area contributed by atoms with Crippen molar-refractivity contribution in [3.8, 4) is 0 Å². The first-order valence-electron chi connectivity index (χ1n) is 9.46. The van der Waals surface area contributed by atoms with Crippen molar-refractivity contribution < 1.29 is 19.2 Å². The van der Waals surface area contributed by atoms with E-state index in [9.17, 15) is 14.4 Å². The van der Waals surface area contributed by atoms with Gasteiger partial charge in [0.05, 0.1) is 16.8 Å². The molecule has 1 fully saturated rings. The molecule has 2 aromatic carbocycles. The van der Waals surface area contributed by atoms with Crippen LogP contribution in [0.3, 0.4) is 0 Å². The average Bonchev–Trinajstić information content (AvgIpc) is 3.22. The smallest absolute Gasteiger partial charge is 0.308 e. The number of carbonyl (C=O) groups is 3. The number of imide groups is 1. The second-order valence-electron chi connectivity index (χ2n) is 7.33. The van der Waals surface area contributed by atoms with E-state index in [1.807, 2.05) is 11.8 Å². The normalized spacial score (nSPS) is 20.8. The number of hydrogen-bond donors (Lipinski definition) is 0. The molecule has 1 saturated heterocycles. The summed E-state index contributed by atoms with van der Waals surface area (Å²) in [7, 11) is 0. The van der Waals surface area contributed by atoms with Gasteiger partial charge in [-0.3, -0.25) is 14.5 Å². The number of fused-ring (bicyclic) bond motifs is 4. The molecule has 2 aromatic rings. The number of nitrogens with zero attached hydrogens (tertiary/aromatic N) is 3. The highest BCUT2D eigenvalue weighted by molar-refractivity contribution is 8.14. The van der Waals surface area contributed by atoms with Crippen molar-refractivity contribution in [1.29, 1.82) is 0 Å². The van der Waals surface area contributed by atoms with Crippen LogP contribution >= 0.6 is 11.8 Å². The quantitative estimate of drug-likeness (QED) is 0.643. The molecule has 3 heterocycles. The number of thioether (sulfide) groups is 1. The van der Waals surface area contributed by atoms with Crippen molar-refractivity contribution in [2.24, 2.45) is 4.99 Å². The van der Waals surface area contributed by atoms with Gasteiger partial charge in [-0.1, -0.05) is 54.1 Å². The van der Waals surface area contributed by atoms with Crippen LogP contribution in [-0.2, 0) is 4.84 Å². The largest absolute Gasteiger partial charge is 0.461 e. The molecule has 3 aliphatic rings. The maximum Gasteiger partial charge on any atom is 0.461 e. The zero-order chi connectivity index (χ0) is 21.0. The summed E-state index contributed by atoms with van der Waals surface area (Å²) in [4.78, 5) is 48.3. The Hall–Kier alpha value is -3.39. The van der Waals surface area contributed by atoms with Crippen LogP contribution in [0.25, 0.3) is 0 Å². The summed E-state index contributed by atoms with van der Waals surface area (Å²) in [6.07, 6.45) is 1.14. The van der Waals surface area contributed by atoms with Crippen LogP contribution < -0.4 is 4.90 Å². The van der Waals surface area contributed by atoms with Gasteiger partial charge in [-0.05, 0) is 36.2 Å². The van der Waals surface area contributed by atoms with Gasteiger partial charge in [0, 0.05) is 17.4 Å². The number of amides is 3. The summed E-state index contributed by atoms with van der Waals surface area (Å²) < 4.78 is 0. The maximum atomic E-state index is 12.5. The lowest BCUT2D eigenvalue weighted by molar-refractivity contribution is -0.0413. The van der Waals surface area contributed by atoms with Gasteiger partial charge in [0.15, 0.2) is 5.17 Å². The molecule has 0 aromatic heterocycles. The van der Waals surface area contributed by atoms with E-state index in [0.29, 0.717) is 16.0 Å². The number of hydroxylamine groups is 2. The summed E-state index contributed by atoms with van der Waals surface area (Å²) in [6.45, 7) is 4.15. The molecular formula is C22H17N3O4S. The minimum atomic E-state index is -1.01. The number of hydrogen-bond acceptors (Lipinski definition) is 5. The van der Waals surface area contributed by atoms with Crippen molar-refractivity contribution in [2.45, 2.75) is 19.8 Å². The number of aryl methyl sites for hydroxylation is 1. The summed E-state index contributed by atoms with van der Waals surface area (Å²) in [5.41, 5.74) is 4.70. The number of amidine groups is 1. The predicted molar refractivity (Wildman–Crippen MR) is 113 cm³/mol. The van der Waals surface area contributed by atoms with Crippen molar-refractivity contribution in [3.05, 3.63) is 76.5 Å². The zero-order valence-electron chi connectivity index (χ0n) is 16.3. The highest BCUT2D eigenvalue weighted by Crippen LogP contribution is 2.43. The highest BCUT2D eigenvalue weighted by Gasteiger charge is 2.39. The number of anilines is 1. The minimum absolute atomic E-state index is 0.206. The maximum absolute atomic E-state index is 12.5. The van der Waals surface area contributed by atoms with E-state index >= 15 is 0 Å². The molecule has 1 atom stereocenters. The van der Waals surface area contributed by atoms with Gasteiger partial charge in [0.1, 0.15) is 0 Å². The topological polar surface area (TPSA) is 79.3 Å². The number of benzene rings is 2. The fourth-order valence-electron chi connectivity index (χ4n) is 3.89. The molecular weight excluding hydrogens is 402 g/mol. The molecule has 5 rings (SSSR count). The predicted octanol–water partition coefficient (Wildman–Crippen LogP) is 4.25. The van der Waals surface area contributed by atoms with Gasteiger partial charge in [0.25, 0.3) is 11.8 Å². The average molecular weight is 419 g/mol. The van der Waals surface area contributed by atoms with Crippen molar-refractivity contribution in [2.75, 3.05) is 10.7 Å². The molecule has 3 aliphatic heterocycles. The zero-order valence-corrected chi connectivity index (χ0v) is 17.1. The summed E-state index contributed by atoms with van der Waals surface area (Å²) in [6, 6.07) is 12.5. The fraction of sp³-hybridized carbons (Fsp3) is 0.182.